The van der Waals surface area contributed by atoms with Gasteiger partial charge in [-0.15, -0.1) is 0 Å². The number of nitrogens with one attached hydrogen (secondary N) is 1. The zero-order chi connectivity index (χ0) is 23.8. The maximum atomic E-state index is 13.5. The standard InChI is InChI=1S/C27H30N6O/c1-3-6-22(4-2)33-19-32-24-7-5-11-28-12-10-20(16-23(24)27(33)34)15-21-8-9-25(31-17-21)26-18-29-13-14-30-26/h5,7-10,12-14,16-19,22,28H,3-4,6,11,15H2,1-2H3/b7-5+,12-10+,20-16+. The Bertz CT molecular complexity index is 1240. The molecule has 4 rings (SSSR count). The van der Waals surface area contributed by atoms with Gasteiger partial charge in [-0.1, -0.05) is 32.4 Å². The van der Waals surface area contributed by atoms with Crippen LogP contribution < -0.4 is 10.9 Å². The molecule has 1 atom stereocenters. The summed E-state index contributed by atoms with van der Waals surface area (Å²) in [6.07, 6.45) is 21.9. The van der Waals surface area contributed by atoms with Crippen molar-refractivity contribution in [3.8, 4) is 11.4 Å². The fourth-order valence-electron chi connectivity index (χ4n) is 4.06. The van der Waals surface area contributed by atoms with Crippen LogP contribution in [0.5, 0.6) is 0 Å². The maximum Gasteiger partial charge on any atom is 0.261 e. The van der Waals surface area contributed by atoms with Crippen LogP contribution in [0.15, 0.2) is 72.0 Å². The normalized spacial score (nSPS) is 17.5. The van der Waals surface area contributed by atoms with Gasteiger partial charge in [0.15, 0.2) is 0 Å². The molecule has 1 unspecified atom stereocenters. The smallest absolute Gasteiger partial charge is 0.261 e. The second kappa shape index (κ2) is 11.3. The highest BCUT2D eigenvalue weighted by Gasteiger charge is 2.15. The van der Waals surface area contributed by atoms with Crippen molar-refractivity contribution in [3.05, 3.63) is 94.3 Å². The van der Waals surface area contributed by atoms with E-state index in [9.17, 15) is 4.79 Å². The highest BCUT2D eigenvalue weighted by Crippen LogP contribution is 2.20. The minimum absolute atomic E-state index is 0.00510. The first-order valence-corrected chi connectivity index (χ1v) is 11.8. The van der Waals surface area contributed by atoms with Gasteiger partial charge in [-0.05, 0) is 60.9 Å². The van der Waals surface area contributed by atoms with Crippen LogP contribution in [0.3, 0.4) is 0 Å². The van der Waals surface area contributed by atoms with E-state index in [1.807, 2.05) is 48.8 Å². The highest BCUT2D eigenvalue weighted by atomic mass is 16.1. The van der Waals surface area contributed by atoms with Crippen LogP contribution in [0.1, 0.15) is 56.0 Å². The number of rotatable bonds is 7. The van der Waals surface area contributed by atoms with Crippen molar-refractivity contribution in [1.29, 1.82) is 0 Å². The molecule has 0 aromatic carbocycles. The van der Waals surface area contributed by atoms with Gasteiger partial charge in [-0.2, -0.15) is 0 Å². The lowest BCUT2D eigenvalue weighted by atomic mass is 10.0. The molecule has 0 saturated carbocycles. The quantitative estimate of drug-likeness (QED) is 0.561. The molecule has 3 aromatic rings. The third kappa shape index (κ3) is 5.54. The molecule has 0 saturated heterocycles. The van der Waals surface area contributed by atoms with Crippen LogP contribution in [0.25, 0.3) is 23.5 Å². The van der Waals surface area contributed by atoms with E-state index < -0.39 is 0 Å². The molecule has 34 heavy (non-hydrogen) atoms. The summed E-state index contributed by atoms with van der Waals surface area (Å²) in [6, 6.07) is 4.14. The first kappa shape index (κ1) is 23.3. The molecule has 0 amide bonds. The summed E-state index contributed by atoms with van der Waals surface area (Å²) in [5, 5.41) is 3.25. The molecule has 0 fully saturated rings. The second-order valence-corrected chi connectivity index (χ2v) is 8.29. The first-order valence-electron chi connectivity index (χ1n) is 11.8. The summed E-state index contributed by atoms with van der Waals surface area (Å²) in [6.45, 7) is 4.92. The van der Waals surface area contributed by atoms with Crippen molar-refractivity contribution in [3.63, 3.8) is 0 Å². The number of hydrogen-bond donors (Lipinski definition) is 1. The van der Waals surface area contributed by atoms with Gasteiger partial charge in [-0.25, -0.2) is 4.98 Å². The van der Waals surface area contributed by atoms with Gasteiger partial charge in [0.05, 0.1) is 29.5 Å². The van der Waals surface area contributed by atoms with Crippen LogP contribution in [-0.4, -0.2) is 31.0 Å². The van der Waals surface area contributed by atoms with Crippen molar-refractivity contribution in [2.45, 2.75) is 45.6 Å². The molecule has 4 heterocycles. The summed E-state index contributed by atoms with van der Waals surface area (Å²) in [7, 11) is 0. The molecule has 0 aliphatic carbocycles. The number of nitrogens with zero attached hydrogens (tertiary/aromatic N) is 5. The van der Waals surface area contributed by atoms with E-state index in [1.165, 1.54) is 0 Å². The average Bonchev–Trinajstić information content (AvgIpc) is 2.87. The monoisotopic (exact) mass is 454 g/mol. The van der Waals surface area contributed by atoms with Crippen molar-refractivity contribution in [2.75, 3.05) is 6.54 Å². The molecule has 0 radical (unpaired) electrons. The first-order chi connectivity index (χ1) is 16.7. The predicted molar refractivity (Wildman–Crippen MR) is 136 cm³/mol. The lowest BCUT2D eigenvalue weighted by Gasteiger charge is -2.18. The van der Waals surface area contributed by atoms with Crippen molar-refractivity contribution in [1.82, 2.24) is 29.8 Å². The van der Waals surface area contributed by atoms with Crippen molar-refractivity contribution < 1.29 is 0 Å². The number of fused-ring (bicyclic) bond motifs is 1. The fourth-order valence-corrected chi connectivity index (χ4v) is 4.06. The molecular weight excluding hydrogens is 424 g/mol. The van der Waals surface area contributed by atoms with Gasteiger partial charge in [0.1, 0.15) is 5.69 Å². The lowest BCUT2D eigenvalue weighted by molar-refractivity contribution is 0.430. The molecule has 7 heteroatoms. The zero-order valence-corrected chi connectivity index (χ0v) is 19.7. The van der Waals surface area contributed by atoms with E-state index in [2.05, 4.69) is 39.1 Å². The topological polar surface area (TPSA) is 85.6 Å². The molecule has 1 aliphatic rings. The highest BCUT2D eigenvalue weighted by molar-refractivity contribution is 5.65. The fraction of sp³-hybridized carbons (Fsp3) is 0.296. The Labute approximate surface area is 200 Å². The number of pyridine rings is 1. The molecule has 7 nitrogen and oxygen atoms in total. The van der Waals surface area contributed by atoms with Gasteiger partial charge < -0.3 is 5.32 Å². The van der Waals surface area contributed by atoms with Gasteiger partial charge in [0.2, 0.25) is 0 Å². The predicted octanol–water partition coefficient (Wildman–Crippen LogP) is 4.60. The third-order valence-electron chi connectivity index (χ3n) is 5.86. The molecule has 1 N–H and O–H groups in total. The van der Waals surface area contributed by atoms with Crippen molar-refractivity contribution >= 4 is 12.2 Å². The molecule has 0 bridgehead atoms. The van der Waals surface area contributed by atoms with Gasteiger partial charge in [-0.3, -0.25) is 24.3 Å². The maximum absolute atomic E-state index is 13.5. The minimum Gasteiger partial charge on any atom is -0.387 e. The Kier molecular flexibility index (Phi) is 7.75. The van der Waals surface area contributed by atoms with Crippen LogP contribution in [0.2, 0.25) is 0 Å². The Morgan fingerprint density at radius 3 is 2.71 bits per heavy atom. The SMILES string of the molecule is CCCC(CC)n1cnc2c(c1=O)/C=C(Cc1ccc(-c3cnccn3)nc1)\C=C\NC/C=C/2. The minimum atomic E-state index is 0.00510. The molecule has 1 aliphatic heterocycles. The largest absolute Gasteiger partial charge is 0.387 e. The number of hydrogen-bond acceptors (Lipinski definition) is 6. The summed E-state index contributed by atoms with van der Waals surface area (Å²) < 4.78 is 1.80. The van der Waals surface area contributed by atoms with Crippen molar-refractivity contribution in [2.24, 2.45) is 0 Å². The van der Waals surface area contributed by atoms with Gasteiger partial charge >= 0.3 is 0 Å². The molecule has 3 aromatic heterocycles. The zero-order valence-electron chi connectivity index (χ0n) is 19.7. The Hall–Kier alpha value is -3.87. The third-order valence-corrected chi connectivity index (χ3v) is 5.86. The van der Waals surface area contributed by atoms with Gasteiger partial charge in [0.25, 0.3) is 5.56 Å². The van der Waals surface area contributed by atoms with Crippen LogP contribution >= 0.6 is 0 Å². The van der Waals surface area contributed by atoms with E-state index in [4.69, 9.17) is 0 Å². The van der Waals surface area contributed by atoms with E-state index in [-0.39, 0.29) is 11.6 Å². The van der Waals surface area contributed by atoms with E-state index >= 15 is 0 Å². The Morgan fingerprint density at radius 2 is 1.97 bits per heavy atom. The average molecular weight is 455 g/mol. The van der Waals surface area contributed by atoms with E-state index in [1.54, 1.807) is 29.5 Å². The molecule has 0 spiro atoms. The summed E-state index contributed by atoms with van der Waals surface area (Å²) in [4.78, 5) is 31.2. The number of aromatic nitrogens is 5. The Morgan fingerprint density at radius 1 is 1.06 bits per heavy atom. The Balaban J connectivity index is 1.70. The van der Waals surface area contributed by atoms with Crippen LogP contribution in [0, 0.1) is 0 Å². The molecule has 174 valence electrons. The summed E-state index contributed by atoms with van der Waals surface area (Å²) in [5.41, 5.74) is 4.87. The van der Waals surface area contributed by atoms with Crippen LogP contribution in [0.4, 0.5) is 0 Å². The van der Waals surface area contributed by atoms with E-state index in [0.717, 1.165) is 41.8 Å². The van der Waals surface area contributed by atoms with Gasteiger partial charge in [0, 0.05) is 31.2 Å². The summed E-state index contributed by atoms with van der Waals surface area (Å²) in [5.74, 6) is 0. The second-order valence-electron chi connectivity index (χ2n) is 8.29. The summed E-state index contributed by atoms with van der Waals surface area (Å²) >= 11 is 0. The van der Waals surface area contributed by atoms with Crippen LogP contribution in [-0.2, 0) is 6.42 Å². The molecular formula is C27H30N6O. The lowest BCUT2D eigenvalue weighted by Crippen LogP contribution is -2.28. The number of allylic oxidation sites excluding steroid dienone is 2. The van der Waals surface area contributed by atoms with E-state index in [0.29, 0.717) is 24.2 Å².